The van der Waals surface area contributed by atoms with Gasteiger partial charge in [-0.2, -0.15) is 0 Å². The minimum Gasteiger partial charge on any atom is -0.462 e. The number of phosphoric acid groups is 2. The molecule has 21 heteroatoms. The van der Waals surface area contributed by atoms with Gasteiger partial charge in [0.05, 0.1) is 51.7 Å². The fraction of sp³-hybridized carbons (Fsp3) is 0.809. The summed E-state index contributed by atoms with van der Waals surface area (Å²) in [5.41, 5.74) is 0. The van der Waals surface area contributed by atoms with Gasteiger partial charge in [0, 0.05) is 53.6 Å². The van der Waals surface area contributed by atoms with Gasteiger partial charge in [-0.15, -0.1) is 13.2 Å². The molecule has 0 aliphatic carbocycles. The second-order valence-corrected chi connectivity index (χ2v) is 20.1. The number of urea groups is 1. The lowest BCUT2D eigenvalue weighted by molar-refractivity contribution is -0.148. The van der Waals surface area contributed by atoms with Gasteiger partial charge < -0.3 is 30.7 Å². The molecule has 0 aromatic rings. The van der Waals surface area contributed by atoms with E-state index >= 15 is 0 Å². The monoisotopic (exact) mass is 1010 g/mol. The molecule has 0 heterocycles. The first kappa shape index (κ1) is 64.8. The lowest BCUT2D eigenvalue weighted by Crippen LogP contribution is -2.40. The van der Waals surface area contributed by atoms with Crippen molar-refractivity contribution >= 4 is 45.4 Å². The summed E-state index contributed by atoms with van der Waals surface area (Å²) in [6.07, 6.45) is 21.1. The molecule has 0 bridgehead atoms. The van der Waals surface area contributed by atoms with Crippen LogP contribution in [0.4, 0.5) is 4.79 Å². The summed E-state index contributed by atoms with van der Waals surface area (Å²) in [7, 11) is -8.48. The molecule has 0 aliphatic rings. The quantitative estimate of drug-likeness (QED) is 0.0192. The van der Waals surface area contributed by atoms with Crippen molar-refractivity contribution in [2.45, 2.75) is 194 Å². The molecule has 6 atom stereocenters. The molecule has 0 radical (unpaired) electrons. The van der Waals surface area contributed by atoms with Gasteiger partial charge in [-0.3, -0.25) is 46.3 Å². The van der Waals surface area contributed by atoms with E-state index in [0.717, 1.165) is 51.4 Å². The molecule has 4 amide bonds. The van der Waals surface area contributed by atoms with Gasteiger partial charge >= 0.3 is 33.6 Å². The first-order valence-corrected chi connectivity index (χ1v) is 27.6. The largest absolute Gasteiger partial charge is 0.475 e. The van der Waals surface area contributed by atoms with Crippen LogP contribution in [-0.4, -0.2) is 107 Å². The van der Waals surface area contributed by atoms with Crippen LogP contribution < -0.4 is 21.3 Å². The van der Waals surface area contributed by atoms with Crippen molar-refractivity contribution in [1.29, 1.82) is 0 Å². The molecule has 0 aromatic carbocycles. The van der Waals surface area contributed by atoms with Gasteiger partial charge in [0.2, 0.25) is 11.8 Å². The molecular formula is C47H88N4O15P2. The summed E-state index contributed by atoms with van der Waals surface area (Å²) in [6.45, 7) is 15.0. The highest BCUT2D eigenvalue weighted by atomic mass is 31.2. The Morgan fingerprint density at radius 3 is 1.15 bits per heavy atom. The van der Waals surface area contributed by atoms with E-state index in [1.807, 2.05) is 0 Å². The number of phosphoric ester groups is 2. The minimum absolute atomic E-state index is 0.137. The van der Waals surface area contributed by atoms with E-state index in [4.69, 9.17) is 36.6 Å². The fourth-order valence-corrected chi connectivity index (χ4v) is 9.44. The Balaban J connectivity index is 5.23. The Morgan fingerprint density at radius 2 is 0.838 bits per heavy atom. The Labute approximate surface area is 407 Å². The lowest BCUT2D eigenvalue weighted by atomic mass is 10.0. The van der Waals surface area contributed by atoms with Crippen LogP contribution in [0.2, 0.25) is 0 Å². The maximum atomic E-state index is 13.6. The number of esters is 2. The lowest BCUT2D eigenvalue weighted by Gasteiger charge is -2.26. The van der Waals surface area contributed by atoms with Gasteiger partial charge in [0.1, 0.15) is 12.2 Å². The predicted molar refractivity (Wildman–Crippen MR) is 263 cm³/mol. The first-order valence-electron chi connectivity index (χ1n) is 24.7. The molecule has 0 aromatic heterocycles. The number of hydrogen-bond donors (Lipinski definition) is 4. The van der Waals surface area contributed by atoms with Crippen LogP contribution in [0.1, 0.15) is 170 Å². The van der Waals surface area contributed by atoms with Gasteiger partial charge in [-0.25, -0.2) is 13.9 Å². The number of carbonyl (C=O) groups is 5. The van der Waals surface area contributed by atoms with Crippen LogP contribution in [0.15, 0.2) is 25.3 Å². The van der Waals surface area contributed by atoms with Crippen LogP contribution in [0, 0.1) is 0 Å². The predicted octanol–water partition coefficient (Wildman–Crippen LogP) is 9.69. The zero-order valence-corrected chi connectivity index (χ0v) is 44.0. The number of rotatable bonds is 46. The Morgan fingerprint density at radius 1 is 0.500 bits per heavy atom. The molecule has 0 saturated heterocycles. The van der Waals surface area contributed by atoms with Crippen LogP contribution in [0.5, 0.6) is 0 Å². The third-order valence-electron chi connectivity index (χ3n) is 10.2. The van der Waals surface area contributed by atoms with Gasteiger partial charge in [0.25, 0.3) is 0 Å². The van der Waals surface area contributed by atoms with E-state index in [-0.39, 0.29) is 77.4 Å². The highest BCUT2D eigenvalue weighted by Gasteiger charge is 2.31. The van der Waals surface area contributed by atoms with E-state index in [2.05, 4.69) is 48.3 Å². The molecule has 0 fully saturated rings. The van der Waals surface area contributed by atoms with Crippen molar-refractivity contribution in [1.82, 2.24) is 21.3 Å². The highest BCUT2D eigenvalue weighted by molar-refractivity contribution is 7.48. The second-order valence-electron chi connectivity index (χ2n) is 16.8. The summed E-state index contributed by atoms with van der Waals surface area (Å²) in [5.74, 6) is -1.63. The fourth-order valence-electron chi connectivity index (χ4n) is 7.06. The molecule has 396 valence electrons. The number of ether oxygens (including phenoxy) is 2. The average molecular weight is 1010 g/mol. The summed E-state index contributed by atoms with van der Waals surface area (Å²) in [6, 6.07) is -2.06. The number of hydrogen-bond acceptors (Lipinski definition) is 15. The maximum Gasteiger partial charge on any atom is 0.475 e. The number of carbonyl (C=O) groups excluding carboxylic acids is 5. The Kier molecular flexibility index (Phi) is 39.7. The van der Waals surface area contributed by atoms with Crippen LogP contribution in [-0.2, 0) is 64.9 Å². The van der Waals surface area contributed by atoms with Crippen LogP contribution in [0.25, 0.3) is 0 Å². The van der Waals surface area contributed by atoms with E-state index in [0.29, 0.717) is 12.8 Å². The summed E-state index contributed by atoms with van der Waals surface area (Å²) in [4.78, 5) is 60.6. The molecule has 4 N–H and O–H groups in total. The molecule has 19 nitrogen and oxygen atoms in total. The molecule has 0 aliphatic heterocycles. The molecule has 0 spiro atoms. The molecule has 6 unspecified atom stereocenters. The minimum atomic E-state index is -4.24. The molecule has 68 heavy (non-hydrogen) atoms. The van der Waals surface area contributed by atoms with Crippen molar-refractivity contribution in [3.05, 3.63) is 25.3 Å². The molecule has 0 rings (SSSR count). The average Bonchev–Trinajstić information content (AvgIpc) is 3.27. The SMILES string of the molecule is C=CCOP(=O)(OCCNC(=O)NCCOP(=O)(OCC=C)OCC(CC(CCCCCCCCCC)OC(C)=O)NC(C)=O)OCC(CC(CCCCCCCCCC)OC(C)=O)NC(C)=O. The van der Waals surface area contributed by atoms with Gasteiger partial charge in [-0.1, -0.05) is 116 Å². The van der Waals surface area contributed by atoms with Gasteiger partial charge in [0.15, 0.2) is 0 Å². The van der Waals surface area contributed by atoms with E-state index in [1.165, 1.54) is 91.2 Å². The number of nitrogens with one attached hydrogen (secondary N) is 4. The number of amides is 4. The summed E-state index contributed by atoms with van der Waals surface area (Å²) >= 11 is 0. The van der Waals surface area contributed by atoms with Crippen molar-refractivity contribution in [2.75, 3.05) is 52.7 Å². The van der Waals surface area contributed by atoms with Crippen LogP contribution in [0.3, 0.4) is 0 Å². The van der Waals surface area contributed by atoms with Crippen molar-refractivity contribution < 1.29 is 69.7 Å². The maximum absolute atomic E-state index is 13.6. The topological polar surface area (TPSA) is 241 Å². The van der Waals surface area contributed by atoms with E-state index in [1.54, 1.807) is 0 Å². The summed E-state index contributed by atoms with van der Waals surface area (Å²) in [5, 5.41) is 10.6. The third-order valence-corrected chi connectivity index (χ3v) is 13.0. The standard InChI is InChI=1S/C47H88N4O15P2/c1-9-13-15-17-19-21-23-25-27-45(65-41(7)54)35-43(50-39(5)52)37-63-67(57,59-31-11-3)61-33-29-48-47(56)49-30-34-62-68(58,60-32-12-4)64-38-44(51-40(6)53)36-46(66-42(8)55)28-26-24-22-20-18-16-14-10-2/h11-12,43-46H,3-4,9-10,13-38H2,1-2,5-8H3,(H,50,52)(H,51,53)(H2,48,49,56). The second kappa shape index (κ2) is 41.6. The van der Waals surface area contributed by atoms with Crippen molar-refractivity contribution in [2.24, 2.45) is 0 Å². The van der Waals surface area contributed by atoms with Crippen LogP contribution >= 0.6 is 15.6 Å². The number of unbranched alkanes of at least 4 members (excludes halogenated alkanes) is 14. The van der Waals surface area contributed by atoms with Gasteiger partial charge in [-0.05, 0) is 25.7 Å². The first-order chi connectivity index (χ1) is 32.5. The summed E-state index contributed by atoms with van der Waals surface area (Å²) < 4.78 is 71.2. The van der Waals surface area contributed by atoms with E-state index in [9.17, 15) is 33.1 Å². The zero-order valence-electron chi connectivity index (χ0n) is 42.2. The third kappa shape index (κ3) is 38.7. The smallest absolute Gasteiger partial charge is 0.462 e. The Hall–Kier alpha value is -3.15. The van der Waals surface area contributed by atoms with Crippen molar-refractivity contribution in [3.63, 3.8) is 0 Å². The van der Waals surface area contributed by atoms with Crippen molar-refractivity contribution in [3.8, 4) is 0 Å². The molecule has 0 saturated carbocycles. The molecular weight excluding hydrogens is 922 g/mol. The van der Waals surface area contributed by atoms with E-state index < -0.39 is 57.9 Å². The Bertz CT molecular complexity index is 1400. The highest BCUT2D eigenvalue weighted by Crippen LogP contribution is 2.50. The normalized spacial score (nSPS) is 14.8. The zero-order chi connectivity index (χ0) is 50.9.